The number of nitrogens with one attached hydrogen (secondary N) is 2. The first-order valence-corrected chi connectivity index (χ1v) is 6.37. The van der Waals surface area contributed by atoms with Crippen molar-refractivity contribution in [3.63, 3.8) is 0 Å². The topological polar surface area (TPSA) is 97.0 Å². The summed E-state index contributed by atoms with van der Waals surface area (Å²) in [4.78, 5) is 34.3. The van der Waals surface area contributed by atoms with Crippen molar-refractivity contribution in [3.8, 4) is 0 Å². The van der Waals surface area contributed by atoms with Crippen LogP contribution in [0.1, 0.15) is 32.8 Å². The number of aromatic amines is 1. The molecular weight excluding hydrogens is 268 g/mol. The summed E-state index contributed by atoms with van der Waals surface area (Å²) in [6.45, 7) is 3.72. The van der Waals surface area contributed by atoms with Crippen molar-refractivity contribution in [2.24, 2.45) is 0 Å². The summed E-state index contributed by atoms with van der Waals surface area (Å²) in [6, 6.07) is 0. The summed E-state index contributed by atoms with van der Waals surface area (Å²) < 4.78 is 4.90. The number of aromatic nitrogens is 3. The van der Waals surface area contributed by atoms with Crippen LogP contribution < -0.4 is 5.32 Å². The maximum atomic E-state index is 11.8. The molecule has 2 aromatic rings. The van der Waals surface area contributed by atoms with E-state index < -0.39 is 5.97 Å². The van der Waals surface area contributed by atoms with Crippen molar-refractivity contribution in [2.45, 2.75) is 13.8 Å². The molecule has 0 atom stereocenters. The highest BCUT2D eigenvalue weighted by Crippen LogP contribution is 2.23. The van der Waals surface area contributed by atoms with E-state index >= 15 is 0 Å². The lowest BCUT2D eigenvalue weighted by Gasteiger charge is -1.98. The Morgan fingerprint density at radius 3 is 2.95 bits per heavy atom. The third kappa shape index (κ3) is 2.97. The molecule has 8 heteroatoms. The molecule has 0 spiro atoms. The number of esters is 1. The molecular formula is C11H12N4O3S. The highest BCUT2D eigenvalue weighted by atomic mass is 32.1. The molecule has 2 heterocycles. The molecule has 1 amide bonds. The molecule has 100 valence electrons. The van der Waals surface area contributed by atoms with Gasteiger partial charge < -0.3 is 9.72 Å². The van der Waals surface area contributed by atoms with E-state index in [1.165, 1.54) is 12.5 Å². The number of H-pyrrole nitrogens is 1. The molecule has 2 rings (SSSR count). The van der Waals surface area contributed by atoms with E-state index in [1.807, 2.05) is 0 Å². The SMILES string of the molecule is CCOC(=O)c1sc(NC(=O)c2cnc[nH]2)nc1C. The molecule has 0 bridgehead atoms. The Morgan fingerprint density at radius 2 is 2.32 bits per heavy atom. The van der Waals surface area contributed by atoms with Gasteiger partial charge in [-0.2, -0.15) is 0 Å². The number of hydrogen-bond donors (Lipinski definition) is 2. The normalized spacial score (nSPS) is 10.2. The number of rotatable bonds is 4. The first-order valence-electron chi connectivity index (χ1n) is 5.56. The van der Waals surface area contributed by atoms with E-state index in [2.05, 4.69) is 20.3 Å². The average molecular weight is 280 g/mol. The van der Waals surface area contributed by atoms with E-state index in [-0.39, 0.29) is 5.91 Å². The monoisotopic (exact) mass is 280 g/mol. The van der Waals surface area contributed by atoms with Crippen LogP contribution >= 0.6 is 11.3 Å². The maximum absolute atomic E-state index is 11.8. The summed E-state index contributed by atoms with van der Waals surface area (Å²) in [5, 5.41) is 2.94. The number of hydrogen-bond acceptors (Lipinski definition) is 6. The number of amides is 1. The Kier molecular flexibility index (Phi) is 3.91. The van der Waals surface area contributed by atoms with Crippen LogP contribution in [-0.2, 0) is 4.74 Å². The first kappa shape index (κ1) is 13.2. The lowest BCUT2D eigenvalue weighted by Crippen LogP contribution is -2.11. The molecule has 0 aliphatic carbocycles. The van der Waals surface area contributed by atoms with Gasteiger partial charge in [-0.3, -0.25) is 10.1 Å². The molecule has 0 saturated heterocycles. The molecule has 0 aromatic carbocycles. The highest BCUT2D eigenvalue weighted by molar-refractivity contribution is 7.17. The average Bonchev–Trinajstić information content (AvgIpc) is 2.99. The van der Waals surface area contributed by atoms with E-state index in [0.717, 1.165) is 11.3 Å². The summed E-state index contributed by atoms with van der Waals surface area (Å²) >= 11 is 1.08. The number of aryl methyl sites for hydroxylation is 1. The zero-order valence-corrected chi connectivity index (χ0v) is 11.2. The number of anilines is 1. The quantitative estimate of drug-likeness (QED) is 0.829. The predicted molar refractivity (Wildman–Crippen MR) is 69.3 cm³/mol. The summed E-state index contributed by atoms with van der Waals surface area (Å²) in [5.74, 6) is -0.791. The van der Waals surface area contributed by atoms with Gasteiger partial charge in [0.15, 0.2) is 5.13 Å². The number of nitrogens with zero attached hydrogens (tertiary/aromatic N) is 2. The number of carbonyl (C=O) groups is 2. The second-order valence-electron chi connectivity index (χ2n) is 3.57. The molecule has 0 saturated carbocycles. The van der Waals surface area contributed by atoms with Gasteiger partial charge in [-0.15, -0.1) is 0 Å². The summed E-state index contributed by atoms with van der Waals surface area (Å²) in [7, 11) is 0. The lowest BCUT2D eigenvalue weighted by molar-refractivity contribution is 0.0531. The van der Waals surface area contributed by atoms with Gasteiger partial charge in [0.2, 0.25) is 0 Å². The minimum absolute atomic E-state index is 0.298. The van der Waals surface area contributed by atoms with Gasteiger partial charge in [-0.05, 0) is 13.8 Å². The van der Waals surface area contributed by atoms with Crippen molar-refractivity contribution < 1.29 is 14.3 Å². The lowest BCUT2D eigenvalue weighted by atomic mass is 10.4. The van der Waals surface area contributed by atoms with Gasteiger partial charge in [-0.1, -0.05) is 11.3 Å². The van der Waals surface area contributed by atoms with Gasteiger partial charge in [0, 0.05) is 0 Å². The maximum Gasteiger partial charge on any atom is 0.350 e. The van der Waals surface area contributed by atoms with Crippen LogP contribution in [0, 0.1) is 6.92 Å². The molecule has 0 unspecified atom stereocenters. The van der Waals surface area contributed by atoms with Crippen LogP contribution in [0.25, 0.3) is 0 Å². The van der Waals surface area contributed by atoms with E-state index in [4.69, 9.17) is 4.74 Å². The number of thiazole rings is 1. The Bertz CT molecular complexity index is 591. The largest absolute Gasteiger partial charge is 0.462 e. The second-order valence-corrected chi connectivity index (χ2v) is 4.57. The van der Waals surface area contributed by atoms with Crippen LogP contribution in [0.4, 0.5) is 5.13 Å². The Morgan fingerprint density at radius 1 is 1.53 bits per heavy atom. The van der Waals surface area contributed by atoms with Crippen molar-refractivity contribution >= 4 is 28.3 Å². The first-order chi connectivity index (χ1) is 9.11. The fourth-order valence-electron chi connectivity index (χ4n) is 1.38. The molecule has 0 aliphatic rings. The van der Waals surface area contributed by atoms with Crippen LogP contribution in [0.5, 0.6) is 0 Å². The molecule has 7 nitrogen and oxygen atoms in total. The molecule has 0 radical (unpaired) electrons. The zero-order valence-electron chi connectivity index (χ0n) is 10.4. The molecule has 0 fully saturated rings. The van der Waals surface area contributed by atoms with Gasteiger partial charge in [0.25, 0.3) is 5.91 Å². The van der Waals surface area contributed by atoms with Gasteiger partial charge in [0.1, 0.15) is 10.6 Å². The summed E-state index contributed by atoms with van der Waals surface area (Å²) in [6.07, 6.45) is 2.81. The number of ether oxygens (including phenoxy) is 1. The van der Waals surface area contributed by atoms with E-state index in [9.17, 15) is 9.59 Å². The van der Waals surface area contributed by atoms with Crippen LogP contribution in [0.15, 0.2) is 12.5 Å². The van der Waals surface area contributed by atoms with Crippen molar-refractivity contribution in [1.82, 2.24) is 15.0 Å². The standard InChI is InChI=1S/C11H12N4O3S/c1-3-18-10(17)8-6(2)14-11(19-8)15-9(16)7-4-12-5-13-7/h4-5H,3H2,1-2H3,(H,12,13)(H,14,15,16). The van der Waals surface area contributed by atoms with Gasteiger partial charge in [-0.25, -0.2) is 14.8 Å². The third-order valence-electron chi connectivity index (χ3n) is 2.22. The highest BCUT2D eigenvalue weighted by Gasteiger charge is 2.18. The minimum Gasteiger partial charge on any atom is -0.462 e. The Hall–Kier alpha value is -2.22. The van der Waals surface area contributed by atoms with E-state index in [0.29, 0.717) is 28.0 Å². The molecule has 2 N–H and O–H groups in total. The molecule has 0 aliphatic heterocycles. The number of imidazole rings is 1. The summed E-state index contributed by atoms with van der Waals surface area (Å²) in [5.41, 5.74) is 0.855. The smallest absolute Gasteiger partial charge is 0.350 e. The van der Waals surface area contributed by atoms with Crippen molar-refractivity contribution in [2.75, 3.05) is 11.9 Å². The van der Waals surface area contributed by atoms with Crippen LogP contribution in [0.2, 0.25) is 0 Å². The molecule has 2 aromatic heterocycles. The zero-order chi connectivity index (χ0) is 13.8. The minimum atomic E-state index is -0.431. The second kappa shape index (κ2) is 5.61. The Labute approximate surface area is 113 Å². The third-order valence-corrected chi connectivity index (χ3v) is 3.27. The van der Waals surface area contributed by atoms with Crippen molar-refractivity contribution in [3.05, 3.63) is 28.8 Å². The van der Waals surface area contributed by atoms with E-state index in [1.54, 1.807) is 13.8 Å². The van der Waals surface area contributed by atoms with Crippen molar-refractivity contribution in [1.29, 1.82) is 0 Å². The fraction of sp³-hybridized carbons (Fsp3) is 0.273. The van der Waals surface area contributed by atoms with Gasteiger partial charge >= 0.3 is 5.97 Å². The number of carbonyl (C=O) groups excluding carboxylic acids is 2. The predicted octanol–water partition coefficient (Wildman–Crippen LogP) is 1.60. The van der Waals surface area contributed by atoms with Gasteiger partial charge in [0.05, 0.1) is 24.8 Å². The van der Waals surface area contributed by atoms with Crippen LogP contribution in [-0.4, -0.2) is 33.4 Å². The molecule has 19 heavy (non-hydrogen) atoms. The fourth-order valence-corrected chi connectivity index (χ4v) is 2.24. The van der Waals surface area contributed by atoms with Crippen LogP contribution in [0.3, 0.4) is 0 Å². The Balaban J connectivity index is 2.12.